The second-order valence-corrected chi connectivity index (χ2v) is 8.09. The van der Waals surface area contributed by atoms with Crippen LogP contribution in [0.1, 0.15) is 5.56 Å². The van der Waals surface area contributed by atoms with Crippen LogP contribution in [0.4, 0.5) is 10.1 Å². The third kappa shape index (κ3) is 3.75. The molecule has 0 bridgehead atoms. The highest BCUT2D eigenvalue weighted by molar-refractivity contribution is 9.10. The molecule has 0 aliphatic carbocycles. The van der Waals surface area contributed by atoms with Crippen LogP contribution in [0.15, 0.2) is 45.8 Å². The van der Waals surface area contributed by atoms with Gasteiger partial charge in [0, 0.05) is 35.8 Å². The minimum absolute atomic E-state index is 0.0798. The van der Waals surface area contributed by atoms with Crippen molar-refractivity contribution in [1.29, 1.82) is 0 Å². The van der Waals surface area contributed by atoms with Gasteiger partial charge < -0.3 is 0 Å². The normalized spacial score (nSPS) is 11.7. The summed E-state index contributed by atoms with van der Waals surface area (Å²) in [6, 6.07) is 7.72. The van der Waals surface area contributed by atoms with Crippen molar-refractivity contribution < 1.29 is 17.7 Å². The van der Waals surface area contributed by atoms with E-state index in [1.54, 1.807) is 6.07 Å². The molecule has 0 saturated heterocycles. The molecular formula is C14H11BrClFN2O4S. The van der Waals surface area contributed by atoms with Gasteiger partial charge in [-0.1, -0.05) is 29.8 Å². The van der Waals surface area contributed by atoms with E-state index in [0.29, 0.717) is 0 Å². The molecule has 0 unspecified atom stereocenters. The molecule has 2 aromatic carbocycles. The summed E-state index contributed by atoms with van der Waals surface area (Å²) in [5, 5.41) is 10.8. The largest absolute Gasteiger partial charge is 0.272 e. The van der Waals surface area contributed by atoms with Crippen molar-refractivity contribution in [3.8, 4) is 0 Å². The Kier molecular flexibility index (Phi) is 5.59. The van der Waals surface area contributed by atoms with Crippen molar-refractivity contribution in [2.45, 2.75) is 11.4 Å². The summed E-state index contributed by atoms with van der Waals surface area (Å²) in [4.78, 5) is 9.78. The predicted molar refractivity (Wildman–Crippen MR) is 90.9 cm³/mol. The summed E-state index contributed by atoms with van der Waals surface area (Å²) in [7, 11) is -2.92. The summed E-state index contributed by atoms with van der Waals surface area (Å²) in [6.45, 7) is -0.244. The first-order valence-electron chi connectivity index (χ1n) is 6.47. The monoisotopic (exact) mass is 436 g/mol. The zero-order chi connectivity index (χ0) is 18.1. The first-order chi connectivity index (χ1) is 11.1. The first-order valence-corrected chi connectivity index (χ1v) is 9.09. The molecule has 0 aliphatic heterocycles. The van der Waals surface area contributed by atoms with E-state index in [2.05, 4.69) is 15.9 Å². The molecule has 0 fully saturated rings. The van der Waals surface area contributed by atoms with E-state index in [4.69, 9.17) is 11.6 Å². The first kappa shape index (κ1) is 18.8. The van der Waals surface area contributed by atoms with E-state index in [1.807, 2.05) is 0 Å². The zero-order valence-electron chi connectivity index (χ0n) is 12.2. The molecule has 2 rings (SSSR count). The Balaban J connectivity index is 2.47. The topological polar surface area (TPSA) is 80.5 Å². The molecule has 0 N–H and O–H groups in total. The number of rotatable bonds is 5. The average molecular weight is 438 g/mol. The molecule has 0 radical (unpaired) electrons. The second-order valence-electron chi connectivity index (χ2n) is 4.85. The van der Waals surface area contributed by atoms with Crippen LogP contribution >= 0.6 is 27.5 Å². The van der Waals surface area contributed by atoms with Crippen LogP contribution < -0.4 is 0 Å². The van der Waals surface area contributed by atoms with Crippen LogP contribution in [0, 0.1) is 15.9 Å². The fourth-order valence-electron chi connectivity index (χ4n) is 1.96. The Labute approximate surface area is 151 Å². The third-order valence-corrected chi connectivity index (χ3v) is 6.43. The molecule has 0 heterocycles. The Bertz CT molecular complexity index is 908. The van der Waals surface area contributed by atoms with Gasteiger partial charge in [-0.25, -0.2) is 12.8 Å². The van der Waals surface area contributed by atoms with Gasteiger partial charge in [0.05, 0.1) is 9.95 Å². The van der Waals surface area contributed by atoms with Crippen LogP contribution in [-0.4, -0.2) is 24.7 Å². The molecule has 0 atom stereocenters. The predicted octanol–water partition coefficient (Wildman–Crippen LogP) is 3.97. The molecule has 0 aliphatic rings. The Morgan fingerprint density at radius 1 is 1.33 bits per heavy atom. The molecule has 128 valence electrons. The average Bonchev–Trinajstić information content (AvgIpc) is 2.51. The Morgan fingerprint density at radius 2 is 1.96 bits per heavy atom. The smallest absolute Gasteiger partial charge is 0.258 e. The lowest BCUT2D eigenvalue weighted by atomic mass is 10.2. The van der Waals surface area contributed by atoms with Crippen molar-refractivity contribution >= 4 is 43.2 Å². The number of sulfonamides is 1. The van der Waals surface area contributed by atoms with E-state index >= 15 is 0 Å². The van der Waals surface area contributed by atoms with Gasteiger partial charge in [0.2, 0.25) is 10.0 Å². The molecule has 10 heteroatoms. The van der Waals surface area contributed by atoms with Crippen LogP contribution in [0.5, 0.6) is 0 Å². The number of nitro benzene ring substituents is 1. The van der Waals surface area contributed by atoms with Crippen molar-refractivity contribution in [2.24, 2.45) is 0 Å². The summed E-state index contributed by atoms with van der Waals surface area (Å²) in [5.74, 6) is -0.550. The fraction of sp³-hybridized carbons (Fsp3) is 0.143. The van der Waals surface area contributed by atoms with Crippen LogP contribution in [0.25, 0.3) is 0 Å². The minimum atomic E-state index is -4.16. The summed E-state index contributed by atoms with van der Waals surface area (Å²) < 4.78 is 40.0. The Hall–Kier alpha value is -1.55. The van der Waals surface area contributed by atoms with Crippen molar-refractivity contribution in [2.75, 3.05) is 7.05 Å². The second kappa shape index (κ2) is 7.14. The highest BCUT2D eigenvalue weighted by Gasteiger charge is 2.28. The highest BCUT2D eigenvalue weighted by atomic mass is 79.9. The van der Waals surface area contributed by atoms with Crippen molar-refractivity contribution in [3.05, 3.63) is 67.4 Å². The molecule has 0 saturated carbocycles. The SMILES string of the molecule is CN(Cc1ccccc1F)S(=O)(=O)c1cc([N+](=O)[O-])cc(Br)c1Cl. The van der Waals surface area contributed by atoms with E-state index in [-0.39, 0.29) is 21.6 Å². The molecule has 6 nitrogen and oxygen atoms in total. The number of non-ortho nitro benzene ring substituents is 1. The van der Waals surface area contributed by atoms with E-state index in [1.165, 1.54) is 25.2 Å². The number of nitro groups is 1. The standard InChI is InChI=1S/C14H11BrClFN2O4S/c1-18(8-9-4-2-3-5-12(9)17)24(22,23)13-7-10(19(20)21)6-11(15)14(13)16/h2-7H,8H2,1H3. The maximum atomic E-state index is 13.7. The summed E-state index contributed by atoms with van der Waals surface area (Å²) >= 11 is 8.99. The lowest BCUT2D eigenvalue weighted by Gasteiger charge is -2.18. The number of halogens is 3. The lowest BCUT2D eigenvalue weighted by molar-refractivity contribution is -0.385. The zero-order valence-corrected chi connectivity index (χ0v) is 15.4. The quantitative estimate of drug-likeness (QED) is 0.523. The van der Waals surface area contributed by atoms with Crippen LogP contribution in [-0.2, 0) is 16.6 Å². The van der Waals surface area contributed by atoms with Crippen LogP contribution in [0.2, 0.25) is 5.02 Å². The van der Waals surface area contributed by atoms with Gasteiger partial charge >= 0.3 is 0 Å². The van der Waals surface area contributed by atoms with E-state index < -0.39 is 31.3 Å². The molecular weight excluding hydrogens is 427 g/mol. The third-order valence-electron chi connectivity index (χ3n) is 3.23. The maximum absolute atomic E-state index is 13.7. The number of hydrogen-bond acceptors (Lipinski definition) is 4. The maximum Gasteiger partial charge on any atom is 0.272 e. The van der Waals surface area contributed by atoms with Crippen LogP contribution in [0.3, 0.4) is 0 Å². The van der Waals surface area contributed by atoms with E-state index in [9.17, 15) is 22.9 Å². The summed E-state index contributed by atoms with van der Waals surface area (Å²) in [5.41, 5.74) is -0.256. The molecule has 0 amide bonds. The number of benzene rings is 2. The van der Waals surface area contributed by atoms with Crippen molar-refractivity contribution in [3.63, 3.8) is 0 Å². The van der Waals surface area contributed by atoms with E-state index in [0.717, 1.165) is 16.4 Å². The van der Waals surface area contributed by atoms with Gasteiger partial charge in [0.1, 0.15) is 10.7 Å². The molecule has 2 aromatic rings. The van der Waals surface area contributed by atoms with Gasteiger partial charge in [0.15, 0.2) is 0 Å². The van der Waals surface area contributed by atoms with Gasteiger partial charge in [-0.2, -0.15) is 4.31 Å². The van der Waals surface area contributed by atoms with Crippen molar-refractivity contribution in [1.82, 2.24) is 4.31 Å². The highest BCUT2D eigenvalue weighted by Crippen LogP contribution is 2.35. The molecule has 24 heavy (non-hydrogen) atoms. The minimum Gasteiger partial charge on any atom is -0.258 e. The summed E-state index contributed by atoms with van der Waals surface area (Å²) in [6.07, 6.45) is 0. The number of hydrogen-bond donors (Lipinski definition) is 0. The van der Waals surface area contributed by atoms with Gasteiger partial charge in [-0.05, 0) is 22.0 Å². The molecule has 0 spiro atoms. The van der Waals surface area contributed by atoms with Gasteiger partial charge in [-0.15, -0.1) is 0 Å². The molecule has 0 aromatic heterocycles. The fourth-order valence-corrected chi connectivity index (χ4v) is 4.19. The Morgan fingerprint density at radius 3 is 2.54 bits per heavy atom. The van der Waals surface area contributed by atoms with Gasteiger partial charge in [0.25, 0.3) is 5.69 Å². The number of nitrogens with zero attached hydrogens (tertiary/aromatic N) is 2. The lowest BCUT2D eigenvalue weighted by Crippen LogP contribution is -2.27. The van der Waals surface area contributed by atoms with Gasteiger partial charge in [-0.3, -0.25) is 10.1 Å².